The number of nitrogens with two attached hydrogens (primary N) is 1. The summed E-state index contributed by atoms with van der Waals surface area (Å²) < 4.78 is 10.1. The molecule has 0 atom stereocenters. The van der Waals surface area contributed by atoms with E-state index >= 15 is 0 Å². The van der Waals surface area contributed by atoms with Gasteiger partial charge in [0.25, 0.3) is 5.95 Å². The van der Waals surface area contributed by atoms with Gasteiger partial charge in [0.1, 0.15) is 5.84 Å². The molecule has 23 heavy (non-hydrogen) atoms. The summed E-state index contributed by atoms with van der Waals surface area (Å²) in [5.74, 6) is -1.40. The van der Waals surface area contributed by atoms with Crippen molar-refractivity contribution in [2.75, 3.05) is 13.2 Å². The number of rotatable bonds is 9. The van der Waals surface area contributed by atoms with Crippen LogP contribution in [0.1, 0.15) is 32.3 Å². The molecular weight excluding hydrogens is 296 g/mol. The number of carbonyl (C=O) groups excluding carboxylic acids is 1. The Morgan fingerprint density at radius 2 is 1.74 bits per heavy atom. The van der Waals surface area contributed by atoms with E-state index in [1.807, 2.05) is 44.2 Å². The molecule has 0 aromatic heterocycles. The number of benzene rings is 1. The highest BCUT2D eigenvalue weighted by Gasteiger charge is 2.22. The Balaban J connectivity index is 2.95. The Bertz CT molecular complexity index is 553. The van der Waals surface area contributed by atoms with Crippen LogP contribution in [0.4, 0.5) is 0 Å². The number of aliphatic hydroxyl groups is 1. The number of hydrogen-bond donors (Lipinski definition) is 2. The highest BCUT2D eigenvalue weighted by molar-refractivity contribution is 6.18. The second-order valence-corrected chi connectivity index (χ2v) is 4.85. The molecule has 1 aromatic carbocycles. The summed E-state index contributed by atoms with van der Waals surface area (Å²) in [4.78, 5) is 16.2. The molecule has 6 heteroatoms. The molecule has 0 saturated carbocycles. The lowest BCUT2D eigenvalue weighted by atomic mass is 10.2. The first kappa shape index (κ1) is 18.5. The average molecular weight is 320 g/mol. The quantitative estimate of drug-likeness (QED) is 0.240. The maximum absolute atomic E-state index is 12.1. The van der Waals surface area contributed by atoms with Gasteiger partial charge in [-0.05, 0) is 18.4 Å². The van der Waals surface area contributed by atoms with E-state index in [-0.39, 0.29) is 31.2 Å². The molecule has 0 aliphatic carbocycles. The molecular formula is C17H24N2O4. The number of esters is 1. The van der Waals surface area contributed by atoms with Gasteiger partial charge in [0.05, 0.1) is 19.8 Å². The standard InChI is InChI=1S/C17H24N2O4/c1-3-10-22-16(20)14(17(21)23-11-4-2)15(18)19-12-13-8-6-5-7-9-13/h5-9,20H,3-4,10-12H2,1-2H3,(H2,18,19)/b16-14+. The molecule has 0 aliphatic rings. The van der Waals surface area contributed by atoms with E-state index in [0.29, 0.717) is 12.8 Å². The number of amidine groups is 1. The van der Waals surface area contributed by atoms with Crippen molar-refractivity contribution in [2.24, 2.45) is 10.7 Å². The summed E-state index contributed by atoms with van der Waals surface area (Å²) in [5.41, 5.74) is 6.56. The lowest BCUT2D eigenvalue weighted by Gasteiger charge is -2.11. The van der Waals surface area contributed by atoms with Crippen LogP contribution in [0.2, 0.25) is 0 Å². The van der Waals surface area contributed by atoms with Crippen molar-refractivity contribution in [3.05, 3.63) is 47.4 Å². The van der Waals surface area contributed by atoms with Crippen LogP contribution in [0.5, 0.6) is 0 Å². The zero-order valence-corrected chi connectivity index (χ0v) is 13.6. The van der Waals surface area contributed by atoms with Crippen LogP contribution in [0.3, 0.4) is 0 Å². The molecule has 1 aromatic rings. The zero-order chi connectivity index (χ0) is 17.1. The first-order chi connectivity index (χ1) is 11.1. The van der Waals surface area contributed by atoms with Gasteiger partial charge in [-0.1, -0.05) is 44.2 Å². The maximum atomic E-state index is 12.1. The number of aliphatic hydroxyl groups excluding tert-OH is 1. The van der Waals surface area contributed by atoms with Crippen molar-refractivity contribution in [3.8, 4) is 0 Å². The van der Waals surface area contributed by atoms with Crippen molar-refractivity contribution >= 4 is 11.8 Å². The Morgan fingerprint density at radius 1 is 1.13 bits per heavy atom. The molecule has 126 valence electrons. The number of hydrogen-bond acceptors (Lipinski definition) is 5. The van der Waals surface area contributed by atoms with Gasteiger partial charge in [-0.25, -0.2) is 4.79 Å². The van der Waals surface area contributed by atoms with Gasteiger partial charge in [-0.3, -0.25) is 4.99 Å². The van der Waals surface area contributed by atoms with Gasteiger partial charge in [0, 0.05) is 0 Å². The largest absolute Gasteiger partial charge is 0.480 e. The molecule has 1 rings (SSSR count). The van der Waals surface area contributed by atoms with Crippen molar-refractivity contribution in [1.82, 2.24) is 0 Å². The van der Waals surface area contributed by atoms with Crippen LogP contribution in [0.15, 0.2) is 46.8 Å². The minimum Gasteiger partial charge on any atom is -0.480 e. The fraction of sp³-hybridized carbons (Fsp3) is 0.412. The molecule has 6 nitrogen and oxygen atoms in total. The third-order valence-electron chi connectivity index (χ3n) is 2.83. The van der Waals surface area contributed by atoms with Crippen molar-refractivity contribution in [3.63, 3.8) is 0 Å². The second-order valence-electron chi connectivity index (χ2n) is 4.85. The van der Waals surface area contributed by atoms with E-state index in [9.17, 15) is 9.90 Å². The highest BCUT2D eigenvalue weighted by atomic mass is 16.6. The zero-order valence-electron chi connectivity index (χ0n) is 13.6. The minimum atomic E-state index is -0.741. The Labute approximate surface area is 136 Å². The van der Waals surface area contributed by atoms with Crippen LogP contribution >= 0.6 is 0 Å². The third-order valence-corrected chi connectivity index (χ3v) is 2.83. The van der Waals surface area contributed by atoms with E-state index in [2.05, 4.69) is 4.99 Å². The number of carbonyl (C=O) groups is 1. The van der Waals surface area contributed by atoms with Gasteiger partial charge in [0.2, 0.25) is 0 Å². The number of ether oxygens (including phenoxy) is 2. The van der Waals surface area contributed by atoms with Crippen molar-refractivity contribution in [2.45, 2.75) is 33.2 Å². The lowest BCUT2D eigenvalue weighted by molar-refractivity contribution is -0.139. The summed E-state index contributed by atoms with van der Waals surface area (Å²) in [7, 11) is 0. The molecule has 0 spiro atoms. The van der Waals surface area contributed by atoms with E-state index in [1.165, 1.54) is 0 Å². The lowest BCUT2D eigenvalue weighted by Crippen LogP contribution is -2.26. The number of nitrogens with zero attached hydrogens (tertiary/aromatic N) is 1. The van der Waals surface area contributed by atoms with E-state index in [4.69, 9.17) is 15.2 Å². The maximum Gasteiger partial charge on any atom is 0.349 e. The Kier molecular flexibility index (Phi) is 8.28. The fourth-order valence-electron chi connectivity index (χ4n) is 1.68. The smallest absolute Gasteiger partial charge is 0.349 e. The van der Waals surface area contributed by atoms with E-state index < -0.39 is 11.9 Å². The fourth-order valence-corrected chi connectivity index (χ4v) is 1.68. The van der Waals surface area contributed by atoms with Gasteiger partial charge < -0.3 is 20.3 Å². The molecule has 0 saturated heterocycles. The van der Waals surface area contributed by atoms with E-state index in [0.717, 1.165) is 5.56 Å². The topological polar surface area (TPSA) is 94.1 Å². The average Bonchev–Trinajstić information content (AvgIpc) is 2.57. The van der Waals surface area contributed by atoms with Crippen LogP contribution in [-0.2, 0) is 20.8 Å². The molecule has 0 unspecified atom stereocenters. The molecule has 0 amide bonds. The predicted molar refractivity (Wildman–Crippen MR) is 88.9 cm³/mol. The van der Waals surface area contributed by atoms with Crippen LogP contribution in [0, 0.1) is 0 Å². The summed E-state index contributed by atoms with van der Waals surface area (Å²) in [5, 5.41) is 9.97. The normalized spacial score (nSPS) is 12.5. The predicted octanol–water partition coefficient (Wildman–Crippen LogP) is 2.69. The van der Waals surface area contributed by atoms with Crippen LogP contribution in [0.25, 0.3) is 0 Å². The van der Waals surface area contributed by atoms with E-state index in [1.54, 1.807) is 0 Å². The van der Waals surface area contributed by atoms with Crippen LogP contribution < -0.4 is 5.73 Å². The summed E-state index contributed by atoms with van der Waals surface area (Å²) >= 11 is 0. The highest BCUT2D eigenvalue weighted by Crippen LogP contribution is 2.09. The van der Waals surface area contributed by atoms with Gasteiger partial charge in [0.15, 0.2) is 5.57 Å². The molecule has 0 fully saturated rings. The SMILES string of the molecule is CCCOC(=O)/C(C(N)=NCc1ccccc1)=C(\O)OCCC. The van der Waals surface area contributed by atoms with Gasteiger partial charge in [-0.2, -0.15) is 0 Å². The number of aliphatic imine (C=N–C) groups is 1. The molecule has 0 radical (unpaired) electrons. The monoisotopic (exact) mass is 320 g/mol. The second kappa shape index (κ2) is 10.3. The van der Waals surface area contributed by atoms with Crippen molar-refractivity contribution < 1.29 is 19.4 Å². The van der Waals surface area contributed by atoms with Crippen LogP contribution in [-0.4, -0.2) is 30.1 Å². The first-order valence-corrected chi connectivity index (χ1v) is 7.67. The Morgan fingerprint density at radius 3 is 2.35 bits per heavy atom. The molecule has 3 N–H and O–H groups in total. The van der Waals surface area contributed by atoms with Crippen molar-refractivity contribution in [1.29, 1.82) is 0 Å². The minimum absolute atomic E-state index is 0.108. The summed E-state index contributed by atoms with van der Waals surface area (Å²) in [6, 6.07) is 9.45. The molecule has 0 aliphatic heterocycles. The molecule has 0 heterocycles. The third kappa shape index (κ3) is 6.42. The summed E-state index contributed by atoms with van der Waals surface area (Å²) in [6.45, 7) is 4.54. The van der Waals surface area contributed by atoms with Gasteiger partial charge in [-0.15, -0.1) is 0 Å². The molecule has 0 bridgehead atoms. The first-order valence-electron chi connectivity index (χ1n) is 7.67. The summed E-state index contributed by atoms with van der Waals surface area (Å²) in [6.07, 6.45) is 1.35. The van der Waals surface area contributed by atoms with Gasteiger partial charge >= 0.3 is 5.97 Å². The Hall–Kier alpha value is -2.50.